The van der Waals surface area contributed by atoms with Gasteiger partial charge in [0.2, 0.25) is 11.8 Å². The predicted octanol–water partition coefficient (Wildman–Crippen LogP) is 5.99. The number of benzene rings is 4. The highest BCUT2D eigenvalue weighted by atomic mass is 16.5. The van der Waals surface area contributed by atoms with E-state index in [9.17, 15) is 14.4 Å². The van der Waals surface area contributed by atoms with Gasteiger partial charge in [-0.25, -0.2) is 4.90 Å². The van der Waals surface area contributed by atoms with Crippen LogP contribution in [0.3, 0.4) is 0 Å². The van der Waals surface area contributed by atoms with Gasteiger partial charge in [-0.1, -0.05) is 60.7 Å². The summed E-state index contributed by atoms with van der Waals surface area (Å²) in [5.41, 5.74) is 4.77. The number of methoxy groups -OCH3 is 1. The first kappa shape index (κ1) is 24.3. The zero-order chi connectivity index (χ0) is 27.7. The minimum atomic E-state index is -0.890. The molecule has 7 rings (SSSR count). The minimum Gasteiger partial charge on any atom is -0.497 e. The van der Waals surface area contributed by atoms with E-state index in [2.05, 4.69) is 0 Å². The number of nitrogens with zero attached hydrogens (tertiary/aromatic N) is 1. The number of amides is 2. The van der Waals surface area contributed by atoms with Crippen molar-refractivity contribution in [3.63, 3.8) is 0 Å². The lowest BCUT2D eigenvalue weighted by molar-refractivity contribution is -0.142. The number of allylic oxidation sites excluding steroid dienone is 1. The molecule has 0 spiro atoms. The van der Waals surface area contributed by atoms with Gasteiger partial charge in [0, 0.05) is 11.5 Å². The lowest BCUT2D eigenvalue weighted by Gasteiger charge is -2.38. The van der Waals surface area contributed by atoms with Crippen molar-refractivity contribution < 1.29 is 23.9 Å². The van der Waals surface area contributed by atoms with E-state index in [1.54, 1.807) is 7.11 Å². The summed E-state index contributed by atoms with van der Waals surface area (Å²) < 4.78 is 11.2. The molecule has 0 aromatic heterocycles. The molecule has 4 atom stereocenters. The second-order valence-electron chi connectivity index (χ2n) is 10.8. The molecule has 198 valence electrons. The Hall–Kier alpha value is -4.71. The van der Waals surface area contributed by atoms with Gasteiger partial charge in [0.05, 0.1) is 30.6 Å². The van der Waals surface area contributed by atoms with E-state index in [0.717, 1.165) is 38.6 Å². The van der Waals surface area contributed by atoms with Gasteiger partial charge in [-0.3, -0.25) is 14.4 Å². The van der Waals surface area contributed by atoms with Gasteiger partial charge in [0.1, 0.15) is 11.5 Å². The average molecular weight is 530 g/mol. The predicted molar refractivity (Wildman–Crippen MR) is 152 cm³/mol. The highest BCUT2D eigenvalue weighted by Crippen LogP contribution is 2.56. The first-order valence-corrected chi connectivity index (χ1v) is 13.4. The van der Waals surface area contributed by atoms with E-state index in [1.165, 1.54) is 4.90 Å². The van der Waals surface area contributed by atoms with Gasteiger partial charge in [-0.05, 0) is 71.1 Å². The molecular formula is C34H27NO5. The van der Waals surface area contributed by atoms with E-state index in [0.29, 0.717) is 17.2 Å². The first-order chi connectivity index (χ1) is 19.4. The van der Waals surface area contributed by atoms with Crippen LogP contribution in [0.2, 0.25) is 0 Å². The lowest BCUT2D eigenvalue weighted by Crippen LogP contribution is -2.42. The lowest BCUT2D eigenvalue weighted by atomic mass is 9.64. The van der Waals surface area contributed by atoms with Crippen molar-refractivity contribution in [3.8, 4) is 11.5 Å². The summed E-state index contributed by atoms with van der Waals surface area (Å²) in [5, 5.41) is 1.95. The number of hydrogen-bond acceptors (Lipinski definition) is 5. The molecule has 0 radical (unpaired) electrons. The molecule has 2 heterocycles. The first-order valence-electron chi connectivity index (χ1n) is 13.4. The number of rotatable bonds is 3. The van der Waals surface area contributed by atoms with E-state index in [-0.39, 0.29) is 11.8 Å². The number of hydrogen-bond donors (Lipinski definition) is 0. The topological polar surface area (TPSA) is 72.9 Å². The quantitative estimate of drug-likeness (QED) is 0.185. The van der Waals surface area contributed by atoms with E-state index >= 15 is 0 Å². The standard InChI is InChI=1S/C34H27NO5/c1-18-8-9-19(2)26(16-18)35-32(36)29-24(21-10-13-22(39-3)14-11-21)17-25-28-23-7-5-4-6-20(23)12-15-27(28)40-34(38)30(25)31(29)33(35)37/h4-17,24,29-31H,1-3H3/t24-,29+,30-,31+/m0/s1. The Morgan fingerprint density at radius 2 is 1.57 bits per heavy atom. The molecule has 6 heteroatoms. The maximum absolute atomic E-state index is 14.3. The number of esters is 1. The molecule has 1 aliphatic carbocycles. The molecule has 0 bridgehead atoms. The van der Waals surface area contributed by atoms with Gasteiger partial charge in [0.25, 0.3) is 0 Å². The number of carbonyl (C=O) groups is 3. The summed E-state index contributed by atoms with van der Waals surface area (Å²) >= 11 is 0. The molecule has 1 saturated heterocycles. The molecule has 0 saturated carbocycles. The zero-order valence-electron chi connectivity index (χ0n) is 22.4. The van der Waals surface area contributed by atoms with Crippen LogP contribution in [0.1, 0.15) is 28.2 Å². The third-order valence-corrected chi connectivity index (χ3v) is 8.59. The number of imide groups is 1. The van der Waals surface area contributed by atoms with Gasteiger partial charge in [0.15, 0.2) is 0 Å². The zero-order valence-corrected chi connectivity index (χ0v) is 22.4. The van der Waals surface area contributed by atoms with Crippen molar-refractivity contribution in [2.24, 2.45) is 17.8 Å². The number of ether oxygens (including phenoxy) is 2. The Morgan fingerprint density at radius 3 is 2.35 bits per heavy atom. The van der Waals surface area contributed by atoms with Crippen molar-refractivity contribution in [2.45, 2.75) is 19.8 Å². The smallest absolute Gasteiger partial charge is 0.319 e. The fraction of sp³-hybridized carbons (Fsp3) is 0.206. The normalized spacial score (nSPS) is 23.3. The summed E-state index contributed by atoms with van der Waals surface area (Å²) in [4.78, 5) is 43.5. The number of aryl methyl sites for hydroxylation is 2. The molecule has 4 aromatic carbocycles. The third kappa shape index (κ3) is 3.45. The molecule has 0 unspecified atom stereocenters. The van der Waals surface area contributed by atoms with Crippen LogP contribution in [-0.2, 0) is 14.4 Å². The fourth-order valence-electron chi connectivity index (χ4n) is 6.68. The molecule has 6 nitrogen and oxygen atoms in total. The Kier molecular flexibility index (Phi) is 5.42. The van der Waals surface area contributed by atoms with Crippen LogP contribution in [0.15, 0.2) is 84.9 Å². The van der Waals surface area contributed by atoms with Crippen LogP contribution < -0.4 is 14.4 Å². The van der Waals surface area contributed by atoms with Crippen LogP contribution in [0.5, 0.6) is 11.5 Å². The molecule has 2 amide bonds. The third-order valence-electron chi connectivity index (χ3n) is 8.59. The van der Waals surface area contributed by atoms with Crippen LogP contribution >= 0.6 is 0 Å². The monoisotopic (exact) mass is 529 g/mol. The van der Waals surface area contributed by atoms with Crippen LogP contribution in [0, 0.1) is 31.6 Å². The summed E-state index contributed by atoms with van der Waals surface area (Å²) in [6.07, 6.45) is 2.02. The SMILES string of the molecule is COc1ccc([C@@H]2C=C3c4c(ccc5ccccc45)OC(=O)[C@@H]3[C@@H]3C(=O)N(c4cc(C)ccc4C)C(=O)[C@@H]32)cc1. The van der Waals surface area contributed by atoms with E-state index < -0.39 is 29.6 Å². The molecule has 1 fully saturated rings. The fourth-order valence-corrected chi connectivity index (χ4v) is 6.68. The Bertz CT molecular complexity index is 1770. The summed E-state index contributed by atoms with van der Waals surface area (Å²) in [7, 11) is 1.61. The number of anilines is 1. The van der Waals surface area contributed by atoms with Gasteiger partial charge in [-0.2, -0.15) is 0 Å². The van der Waals surface area contributed by atoms with Crippen molar-refractivity contribution >= 4 is 39.8 Å². The summed E-state index contributed by atoms with van der Waals surface area (Å²) in [6.45, 7) is 3.82. The number of fused-ring (bicyclic) bond motifs is 7. The molecule has 40 heavy (non-hydrogen) atoms. The maximum Gasteiger partial charge on any atom is 0.319 e. The van der Waals surface area contributed by atoms with Crippen molar-refractivity contribution in [3.05, 3.63) is 107 Å². The molecule has 0 N–H and O–H groups in total. The van der Waals surface area contributed by atoms with Gasteiger partial charge < -0.3 is 9.47 Å². The van der Waals surface area contributed by atoms with Crippen molar-refractivity contribution in [2.75, 3.05) is 12.0 Å². The largest absolute Gasteiger partial charge is 0.497 e. The average Bonchev–Trinajstić information content (AvgIpc) is 3.23. The van der Waals surface area contributed by atoms with Gasteiger partial charge >= 0.3 is 5.97 Å². The molecular weight excluding hydrogens is 502 g/mol. The van der Waals surface area contributed by atoms with Crippen LogP contribution in [0.25, 0.3) is 16.3 Å². The van der Waals surface area contributed by atoms with Gasteiger partial charge in [-0.15, -0.1) is 0 Å². The van der Waals surface area contributed by atoms with Crippen LogP contribution in [0.4, 0.5) is 5.69 Å². The van der Waals surface area contributed by atoms with E-state index in [1.807, 2.05) is 98.8 Å². The minimum absolute atomic E-state index is 0.295. The second kappa shape index (κ2) is 8.91. The molecule has 4 aromatic rings. The van der Waals surface area contributed by atoms with Crippen molar-refractivity contribution in [1.29, 1.82) is 0 Å². The second-order valence-corrected chi connectivity index (χ2v) is 10.8. The number of carbonyl (C=O) groups excluding carboxylic acids is 3. The van der Waals surface area contributed by atoms with Crippen molar-refractivity contribution in [1.82, 2.24) is 0 Å². The Labute approximate surface area is 231 Å². The maximum atomic E-state index is 14.3. The molecule has 2 aliphatic heterocycles. The Balaban J connectivity index is 1.47. The summed E-state index contributed by atoms with van der Waals surface area (Å²) in [6, 6.07) is 25.0. The Morgan fingerprint density at radius 1 is 0.825 bits per heavy atom. The summed E-state index contributed by atoms with van der Waals surface area (Å²) in [5.74, 6) is -2.93. The van der Waals surface area contributed by atoms with Crippen LogP contribution in [-0.4, -0.2) is 24.9 Å². The highest BCUT2D eigenvalue weighted by molar-refractivity contribution is 6.25. The van der Waals surface area contributed by atoms with E-state index in [4.69, 9.17) is 9.47 Å². The highest BCUT2D eigenvalue weighted by Gasteiger charge is 2.60. The molecule has 3 aliphatic rings.